The maximum absolute atomic E-state index is 10.3. The van der Waals surface area contributed by atoms with Crippen molar-refractivity contribution in [1.29, 1.82) is 0 Å². The molecule has 0 aromatic heterocycles. The third kappa shape index (κ3) is 2.09. The molecule has 0 spiro atoms. The van der Waals surface area contributed by atoms with E-state index in [1.807, 2.05) is 0 Å². The maximum atomic E-state index is 10.3. The molecule has 0 aliphatic heterocycles. The molecule has 13 heavy (non-hydrogen) atoms. The molecule has 1 aromatic carbocycles. The lowest BCUT2D eigenvalue weighted by Crippen LogP contribution is -2.09. The zero-order chi connectivity index (χ0) is 10.0. The number of rotatable bonds is 2. The fraction of sp³-hybridized carbons (Fsp3) is 0.125. The van der Waals surface area contributed by atoms with Gasteiger partial charge in [-0.05, 0) is 17.7 Å². The second kappa shape index (κ2) is 3.32. The number of carboxylic acids is 1. The summed E-state index contributed by atoms with van der Waals surface area (Å²) in [6.45, 7) is 0. The molecule has 0 aliphatic rings. The Balaban J connectivity index is 3.07. The Hall–Kier alpha value is -1.75. The molecule has 1 aromatic rings. The van der Waals surface area contributed by atoms with Crippen LogP contribution in [0.15, 0.2) is 18.2 Å². The first-order valence-electron chi connectivity index (χ1n) is 3.44. The SMILES string of the molecule is O=C(O)C(O)c1cc(O)cc(O)c1. The highest BCUT2D eigenvalue weighted by Crippen LogP contribution is 2.24. The largest absolute Gasteiger partial charge is 0.508 e. The molecule has 5 nitrogen and oxygen atoms in total. The summed E-state index contributed by atoms with van der Waals surface area (Å²) in [5.41, 5.74) is -0.0648. The van der Waals surface area contributed by atoms with Gasteiger partial charge in [0.2, 0.25) is 0 Å². The quantitative estimate of drug-likeness (QED) is 0.527. The van der Waals surface area contributed by atoms with E-state index >= 15 is 0 Å². The van der Waals surface area contributed by atoms with Crippen molar-refractivity contribution in [3.63, 3.8) is 0 Å². The Morgan fingerprint density at radius 2 is 1.62 bits per heavy atom. The smallest absolute Gasteiger partial charge is 0.337 e. The molecule has 1 rings (SSSR count). The Morgan fingerprint density at radius 1 is 1.15 bits per heavy atom. The summed E-state index contributed by atoms with van der Waals surface area (Å²) in [6.07, 6.45) is -1.74. The Kier molecular flexibility index (Phi) is 2.39. The maximum Gasteiger partial charge on any atom is 0.337 e. The van der Waals surface area contributed by atoms with E-state index in [-0.39, 0.29) is 17.1 Å². The first-order chi connectivity index (χ1) is 6.00. The van der Waals surface area contributed by atoms with Crippen LogP contribution >= 0.6 is 0 Å². The number of hydrogen-bond donors (Lipinski definition) is 4. The van der Waals surface area contributed by atoms with Crippen molar-refractivity contribution in [1.82, 2.24) is 0 Å². The lowest BCUT2D eigenvalue weighted by atomic mass is 10.1. The van der Waals surface area contributed by atoms with Gasteiger partial charge in [-0.3, -0.25) is 0 Å². The molecule has 0 aliphatic carbocycles. The third-order valence-corrected chi connectivity index (χ3v) is 1.47. The minimum Gasteiger partial charge on any atom is -0.508 e. The first kappa shape index (κ1) is 9.34. The fourth-order valence-electron chi connectivity index (χ4n) is 0.918. The van der Waals surface area contributed by atoms with Gasteiger partial charge in [0.15, 0.2) is 6.10 Å². The van der Waals surface area contributed by atoms with Crippen LogP contribution in [0.2, 0.25) is 0 Å². The Morgan fingerprint density at radius 3 is 2.00 bits per heavy atom. The molecular formula is C8H8O5. The highest BCUT2D eigenvalue weighted by Gasteiger charge is 2.16. The first-order valence-corrected chi connectivity index (χ1v) is 3.44. The second-order valence-corrected chi connectivity index (χ2v) is 2.52. The number of aromatic hydroxyl groups is 2. The van der Waals surface area contributed by atoms with Crippen LogP contribution in [0.25, 0.3) is 0 Å². The van der Waals surface area contributed by atoms with Crippen LogP contribution in [0.3, 0.4) is 0 Å². The van der Waals surface area contributed by atoms with Gasteiger partial charge in [0.05, 0.1) is 0 Å². The molecule has 0 saturated carbocycles. The number of carbonyl (C=O) groups is 1. The monoisotopic (exact) mass is 184 g/mol. The van der Waals surface area contributed by atoms with Gasteiger partial charge in [-0.25, -0.2) is 4.79 Å². The van der Waals surface area contributed by atoms with Crippen LogP contribution < -0.4 is 0 Å². The van der Waals surface area contributed by atoms with Crippen LogP contribution in [-0.4, -0.2) is 26.4 Å². The van der Waals surface area contributed by atoms with Gasteiger partial charge in [0.25, 0.3) is 0 Å². The summed E-state index contributed by atoms with van der Waals surface area (Å²) >= 11 is 0. The van der Waals surface area contributed by atoms with Crippen LogP contribution in [0, 0.1) is 0 Å². The molecule has 0 bridgehead atoms. The minimum absolute atomic E-state index is 0.0648. The molecule has 0 amide bonds. The number of aliphatic hydroxyl groups excluding tert-OH is 1. The van der Waals surface area contributed by atoms with Gasteiger partial charge in [0, 0.05) is 6.07 Å². The van der Waals surface area contributed by atoms with Gasteiger partial charge >= 0.3 is 5.97 Å². The van der Waals surface area contributed by atoms with Crippen LogP contribution in [-0.2, 0) is 4.79 Å². The van der Waals surface area contributed by atoms with Crippen molar-refractivity contribution < 1.29 is 25.2 Å². The molecule has 0 radical (unpaired) electrons. The molecular weight excluding hydrogens is 176 g/mol. The topological polar surface area (TPSA) is 98.0 Å². The molecule has 0 fully saturated rings. The number of aliphatic carboxylic acids is 1. The van der Waals surface area contributed by atoms with Crippen molar-refractivity contribution in [2.45, 2.75) is 6.10 Å². The number of phenols is 2. The van der Waals surface area contributed by atoms with Gasteiger partial charge in [0.1, 0.15) is 11.5 Å². The lowest BCUT2D eigenvalue weighted by Gasteiger charge is -2.06. The summed E-state index contributed by atoms with van der Waals surface area (Å²) < 4.78 is 0. The number of benzene rings is 1. The van der Waals surface area contributed by atoms with E-state index < -0.39 is 12.1 Å². The average Bonchev–Trinajstić information content (AvgIpc) is 2.01. The van der Waals surface area contributed by atoms with Gasteiger partial charge in [-0.15, -0.1) is 0 Å². The van der Waals surface area contributed by atoms with Crippen LogP contribution in [0.1, 0.15) is 11.7 Å². The summed E-state index contributed by atoms with van der Waals surface area (Å²) in [6, 6.07) is 3.18. The van der Waals surface area contributed by atoms with E-state index in [0.717, 1.165) is 18.2 Å². The van der Waals surface area contributed by atoms with E-state index in [1.165, 1.54) is 0 Å². The highest BCUT2D eigenvalue weighted by molar-refractivity contribution is 5.74. The highest BCUT2D eigenvalue weighted by atomic mass is 16.4. The number of phenolic OH excluding ortho intramolecular Hbond substituents is 2. The van der Waals surface area contributed by atoms with Crippen molar-refractivity contribution in [2.24, 2.45) is 0 Å². The molecule has 1 atom stereocenters. The molecule has 5 heteroatoms. The fourth-order valence-corrected chi connectivity index (χ4v) is 0.918. The van der Waals surface area contributed by atoms with Crippen LogP contribution in [0.5, 0.6) is 11.5 Å². The Bertz CT molecular complexity index is 313. The lowest BCUT2D eigenvalue weighted by molar-refractivity contribution is -0.146. The normalized spacial score (nSPS) is 12.4. The van der Waals surface area contributed by atoms with Crippen molar-refractivity contribution in [3.8, 4) is 11.5 Å². The van der Waals surface area contributed by atoms with Crippen molar-refractivity contribution in [3.05, 3.63) is 23.8 Å². The van der Waals surface area contributed by atoms with E-state index in [1.54, 1.807) is 0 Å². The third-order valence-electron chi connectivity index (χ3n) is 1.47. The molecule has 1 unspecified atom stereocenters. The van der Waals surface area contributed by atoms with E-state index in [9.17, 15) is 4.79 Å². The van der Waals surface area contributed by atoms with E-state index in [4.69, 9.17) is 20.4 Å². The molecule has 70 valence electrons. The molecule has 0 heterocycles. The van der Waals surface area contributed by atoms with Crippen molar-refractivity contribution >= 4 is 5.97 Å². The molecule has 4 N–H and O–H groups in total. The van der Waals surface area contributed by atoms with Crippen molar-refractivity contribution in [2.75, 3.05) is 0 Å². The molecule has 0 saturated heterocycles. The summed E-state index contributed by atoms with van der Waals surface area (Å²) in [5.74, 6) is -2.03. The zero-order valence-corrected chi connectivity index (χ0v) is 6.51. The number of carboxylic acid groups (broad SMARTS) is 1. The summed E-state index contributed by atoms with van der Waals surface area (Å²) in [4.78, 5) is 10.3. The van der Waals surface area contributed by atoms with Crippen LogP contribution in [0.4, 0.5) is 0 Å². The predicted octanol–water partition coefficient (Wildman–Crippen LogP) is 0.216. The minimum atomic E-state index is -1.74. The van der Waals surface area contributed by atoms with E-state index in [2.05, 4.69) is 0 Å². The number of hydrogen-bond acceptors (Lipinski definition) is 4. The van der Waals surface area contributed by atoms with Gasteiger partial charge < -0.3 is 20.4 Å². The van der Waals surface area contributed by atoms with Gasteiger partial charge in [-0.1, -0.05) is 0 Å². The Labute approximate surface area is 73.5 Å². The predicted molar refractivity (Wildman–Crippen MR) is 42.4 cm³/mol. The summed E-state index contributed by atoms with van der Waals surface area (Å²) in [7, 11) is 0. The summed E-state index contributed by atoms with van der Waals surface area (Å²) in [5, 5.41) is 35.3. The average molecular weight is 184 g/mol. The van der Waals surface area contributed by atoms with E-state index in [0.29, 0.717) is 0 Å². The standard InChI is InChI=1S/C8H8O5/c9-5-1-4(2-6(10)3-5)7(11)8(12)13/h1-3,7,9-11H,(H,12,13). The zero-order valence-electron chi connectivity index (χ0n) is 6.51. The number of aliphatic hydroxyl groups is 1. The second-order valence-electron chi connectivity index (χ2n) is 2.52. The van der Waals surface area contributed by atoms with Gasteiger partial charge in [-0.2, -0.15) is 0 Å².